The van der Waals surface area contributed by atoms with E-state index in [9.17, 15) is 4.79 Å². The number of primary amides is 1. The number of carbonyl (C=O) groups excluding carboxylic acids is 1. The number of rotatable bonds is 9. The summed E-state index contributed by atoms with van der Waals surface area (Å²) in [5, 5.41) is 0. The Morgan fingerprint density at radius 2 is 1.72 bits per heavy atom. The Morgan fingerprint density at radius 1 is 1.03 bits per heavy atom. The lowest BCUT2D eigenvalue weighted by Gasteiger charge is -2.15. The summed E-state index contributed by atoms with van der Waals surface area (Å²) in [6, 6.07) is 18.1. The average Bonchev–Trinajstić information content (AvgIpc) is 3.01. The van der Waals surface area contributed by atoms with E-state index in [0.29, 0.717) is 12.1 Å². The van der Waals surface area contributed by atoms with Crippen molar-refractivity contribution in [2.75, 3.05) is 7.11 Å². The van der Waals surface area contributed by atoms with E-state index >= 15 is 0 Å². The summed E-state index contributed by atoms with van der Waals surface area (Å²) in [7, 11) is 1.69. The first-order valence-corrected chi connectivity index (χ1v) is 10.3. The molecule has 152 valence electrons. The maximum Gasteiger partial charge on any atom is 0.251 e. The molecule has 0 bridgehead atoms. The van der Waals surface area contributed by atoms with E-state index in [1.165, 1.54) is 5.69 Å². The van der Waals surface area contributed by atoms with Gasteiger partial charge in [-0.3, -0.25) is 4.79 Å². The molecule has 1 heterocycles. The molecule has 0 saturated heterocycles. The molecule has 2 N–H and O–H groups in total. The third kappa shape index (κ3) is 4.37. The van der Waals surface area contributed by atoms with E-state index in [0.717, 1.165) is 53.8 Å². The molecule has 0 unspecified atom stereocenters. The number of amides is 1. The average molecular weight is 391 g/mol. The van der Waals surface area contributed by atoms with E-state index in [1.807, 2.05) is 43.3 Å². The van der Waals surface area contributed by atoms with Crippen molar-refractivity contribution in [1.82, 2.24) is 4.57 Å². The van der Waals surface area contributed by atoms with Crippen LogP contribution in [0.5, 0.6) is 5.75 Å². The van der Waals surface area contributed by atoms with Crippen molar-refractivity contribution in [3.63, 3.8) is 0 Å². The highest BCUT2D eigenvalue weighted by Crippen LogP contribution is 2.35. The van der Waals surface area contributed by atoms with Gasteiger partial charge in [0.15, 0.2) is 0 Å². The fraction of sp³-hybridized carbons (Fsp3) is 0.320. The molecule has 4 nitrogen and oxygen atoms in total. The molecule has 4 heteroatoms. The van der Waals surface area contributed by atoms with Crippen LogP contribution in [-0.4, -0.2) is 17.6 Å². The normalized spacial score (nSPS) is 10.9. The second-order valence-electron chi connectivity index (χ2n) is 7.37. The fourth-order valence-corrected chi connectivity index (χ4v) is 4.04. The predicted octanol–water partition coefficient (Wildman–Crippen LogP) is 5.35. The molecule has 0 saturated carbocycles. The molecule has 3 rings (SSSR count). The van der Waals surface area contributed by atoms with Crippen LogP contribution in [0.1, 0.15) is 53.5 Å². The Kier molecular flexibility index (Phi) is 6.76. The number of nitrogens with zero attached hydrogens (tertiary/aromatic N) is 1. The Hall–Kier alpha value is -3.01. The molecule has 0 spiro atoms. The standard InChI is InChI=1S/C25H30N2O2/c1-4-5-7-15-21-24(19-12-8-6-9-13-19)23(25(26)28)18(2)27(21)17-20-14-10-11-16-22(20)29-3/h6,8-14,16H,4-5,7,15,17H2,1-3H3,(H2,26,28). The van der Waals surface area contributed by atoms with Crippen LogP contribution in [0.25, 0.3) is 11.1 Å². The lowest BCUT2D eigenvalue weighted by molar-refractivity contribution is 0.1000. The summed E-state index contributed by atoms with van der Waals surface area (Å²) >= 11 is 0. The van der Waals surface area contributed by atoms with Gasteiger partial charge in [0.2, 0.25) is 0 Å². The Labute approximate surface area is 173 Å². The van der Waals surface area contributed by atoms with Gasteiger partial charge in [0, 0.05) is 22.5 Å². The van der Waals surface area contributed by atoms with Gasteiger partial charge in [0.1, 0.15) is 5.75 Å². The van der Waals surface area contributed by atoms with E-state index in [4.69, 9.17) is 10.5 Å². The minimum Gasteiger partial charge on any atom is -0.496 e. The summed E-state index contributed by atoms with van der Waals surface area (Å²) in [6.07, 6.45) is 4.28. The van der Waals surface area contributed by atoms with Gasteiger partial charge >= 0.3 is 0 Å². The van der Waals surface area contributed by atoms with Gasteiger partial charge in [-0.25, -0.2) is 0 Å². The molecule has 0 aliphatic heterocycles. The van der Waals surface area contributed by atoms with Crippen LogP contribution < -0.4 is 10.5 Å². The third-order valence-corrected chi connectivity index (χ3v) is 5.48. The monoisotopic (exact) mass is 390 g/mol. The largest absolute Gasteiger partial charge is 0.496 e. The second-order valence-corrected chi connectivity index (χ2v) is 7.37. The van der Waals surface area contributed by atoms with Crippen LogP contribution in [0.15, 0.2) is 54.6 Å². The van der Waals surface area contributed by atoms with Gasteiger partial charge in [-0.05, 0) is 31.4 Å². The first-order chi connectivity index (χ1) is 14.1. The SMILES string of the molecule is CCCCCc1c(-c2ccccc2)c(C(N)=O)c(C)n1Cc1ccccc1OC. The van der Waals surface area contributed by atoms with Gasteiger partial charge in [-0.1, -0.05) is 68.3 Å². The van der Waals surface area contributed by atoms with Crippen LogP contribution in [0, 0.1) is 6.92 Å². The van der Waals surface area contributed by atoms with Crippen molar-refractivity contribution in [2.24, 2.45) is 5.73 Å². The number of para-hydroxylation sites is 1. The summed E-state index contributed by atoms with van der Waals surface area (Å²) in [4.78, 5) is 12.5. The summed E-state index contributed by atoms with van der Waals surface area (Å²) in [5.74, 6) is 0.471. The zero-order valence-electron chi connectivity index (χ0n) is 17.6. The molecular weight excluding hydrogens is 360 g/mol. The number of aromatic nitrogens is 1. The summed E-state index contributed by atoms with van der Waals surface area (Å²) < 4.78 is 7.81. The van der Waals surface area contributed by atoms with Crippen molar-refractivity contribution >= 4 is 5.91 Å². The lowest BCUT2D eigenvalue weighted by atomic mass is 9.97. The highest BCUT2D eigenvalue weighted by atomic mass is 16.5. The number of methoxy groups -OCH3 is 1. The van der Waals surface area contributed by atoms with E-state index in [-0.39, 0.29) is 5.91 Å². The molecule has 0 radical (unpaired) electrons. The zero-order valence-corrected chi connectivity index (χ0v) is 17.6. The molecule has 0 aliphatic carbocycles. The maximum atomic E-state index is 12.5. The molecule has 0 fully saturated rings. The third-order valence-electron chi connectivity index (χ3n) is 5.48. The van der Waals surface area contributed by atoms with Gasteiger partial charge in [-0.15, -0.1) is 0 Å². The molecular formula is C25H30N2O2. The van der Waals surface area contributed by atoms with Crippen molar-refractivity contribution in [1.29, 1.82) is 0 Å². The highest BCUT2D eigenvalue weighted by Gasteiger charge is 2.25. The first kappa shape index (κ1) is 20.7. The summed E-state index contributed by atoms with van der Waals surface area (Å²) in [6.45, 7) is 4.84. The van der Waals surface area contributed by atoms with Crippen LogP contribution in [-0.2, 0) is 13.0 Å². The minimum atomic E-state index is -0.378. The smallest absolute Gasteiger partial charge is 0.251 e. The number of hydrogen-bond donors (Lipinski definition) is 1. The van der Waals surface area contributed by atoms with Crippen LogP contribution in [0.3, 0.4) is 0 Å². The molecule has 29 heavy (non-hydrogen) atoms. The Morgan fingerprint density at radius 3 is 2.38 bits per heavy atom. The predicted molar refractivity (Wildman–Crippen MR) is 118 cm³/mol. The molecule has 3 aromatic rings. The van der Waals surface area contributed by atoms with Gasteiger partial charge in [0.25, 0.3) is 5.91 Å². The number of unbranched alkanes of at least 4 members (excludes halogenated alkanes) is 2. The van der Waals surface area contributed by atoms with Crippen molar-refractivity contribution in [3.8, 4) is 16.9 Å². The zero-order chi connectivity index (χ0) is 20.8. The first-order valence-electron chi connectivity index (χ1n) is 10.3. The van der Waals surface area contributed by atoms with E-state index in [2.05, 4.69) is 29.7 Å². The van der Waals surface area contributed by atoms with Crippen LogP contribution >= 0.6 is 0 Å². The molecule has 1 aromatic heterocycles. The van der Waals surface area contributed by atoms with E-state index < -0.39 is 0 Å². The number of ether oxygens (including phenoxy) is 1. The van der Waals surface area contributed by atoms with Gasteiger partial charge in [0.05, 0.1) is 19.2 Å². The number of benzene rings is 2. The second kappa shape index (κ2) is 9.46. The van der Waals surface area contributed by atoms with Crippen molar-refractivity contribution < 1.29 is 9.53 Å². The fourth-order valence-electron chi connectivity index (χ4n) is 4.04. The van der Waals surface area contributed by atoms with E-state index in [1.54, 1.807) is 7.11 Å². The molecule has 0 aliphatic rings. The molecule has 1 amide bonds. The Balaban J connectivity index is 2.19. The van der Waals surface area contributed by atoms with Gasteiger partial charge < -0.3 is 15.0 Å². The lowest BCUT2D eigenvalue weighted by Crippen LogP contribution is -2.13. The van der Waals surface area contributed by atoms with Gasteiger partial charge in [-0.2, -0.15) is 0 Å². The quantitative estimate of drug-likeness (QED) is 0.501. The summed E-state index contributed by atoms with van der Waals surface area (Å²) in [5.41, 5.74) is 11.7. The maximum absolute atomic E-state index is 12.5. The van der Waals surface area contributed by atoms with Crippen molar-refractivity contribution in [3.05, 3.63) is 77.1 Å². The van der Waals surface area contributed by atoms with Crippen LogP contribution in [0.2, 0.25) is 0 Å². The minimum absolute atomic E-state index is 0.378. The Bertz CT molecular complexity index is 974. The van der Waals surface area contributed by atoms with Crippen molar-refractivity contribution in [2.45, 2.75) is 46.1 Å². The number of hydrogen-bond acceptors (Lipinski definition) is 2. The van der Waals surface area contributed by atoms with Crippen LogP contribution in [0.4, 0.5) is 0 Å². The molecule has 2 aromatic carbocycles. The number of carbonyl (C=O) groups is 1. The highest BCUT2D eigenvalue weighted by molar-refractivity contribution is 6.02. The molecule has 0 atom stereocenters. The topological polar surface area (TPSA) is 57.2 Å². The number of nitrogens with two attached hydrogens (primary N) is 1.